The van der Waals surface area contributed by atoms with Gasteiger partial charge in [0.05, 0.1) is 0 Å². The van der Waals surface area contributed by atoms with Gasteiger partial charge in [0.25, 0.3) is 5.91 Å². The highest BCUT2D eigenvalue weighted by molar-refractivity contribution is 7.89. The summed E-state index contributed by atoms with van der Waals surface area (Å²) in [6.45, 7) is 1.99. The van der Waals surface area contributed by atoms with E-state index in [0.717, 1.165) is 31.4 Å². The van der Waals surface area contributed by atoms with E-state index in [4.69, 9.17) is 4.74 Å². The fourth-order valence-electron chi connectivity index (χ4n) is 3.69. The van der Waals surface area contributed by atoms with Crippen LogP contribution in [0.1, 0.15) is 25.3 Å². The molecule has 1 amide bonds. The molecule has 1 aliphatic rings. The molecule has 1 unspecified atom stereocenters. The minimum Gasteiger partial charge on any atom is -0.454 e. The van der Waals surface area contributed by atoms with Crippen LogP contribution in [0.3, 0.4) is 0 Å². The molecule has 3 rings (SSSR count). The number of piperidine rings is 1. The lowest BCUT2D eigenvalue weighted by Crippen LogP contribution is -2.43. The van der Waals surface area contributed by atoms with E-state index < -0.39 is 39.4 Å². The van der Waals surface area contributed by atoms with E-state index in [1.165, 1.54) is 24.6 Å². The van der Waals surface area contributed by atoms with Gasteiger partial charge in [-0.15, -0.1) is 0 Å². The number of esters is 1. The number of rotatable bonds is 8. The van der Waals surface area contributed by atoms with Crippen LogP contribution in [-0.2, 0) is 30.8 Å². The number of carbonyl (C=O) groups excluding carboxylic acids is 2. The lowest BCUT2D eigenvalue weighted by molar-refractivity contribution is -0.153. The van der Waals surface area contributed by atoms with Gasteiger partial charge in [-0.05, 0) is 49.8 Å². The quantitative estimate of drug-likeness (QED) is 0.609. The smallest absolute Gasteiger partial charge is 0.324 e. The first-order valence-electron chi connectivity index (χ1n) is 10.5. The fraction of sp³-hybridized carbons (Fsp3) is 0.391. The zero-order chi connectivity index (χ0) is 23.1. The molecule has 1 aliphatic heterocycles. The highest BCUT2D eigenvalue weighted by Crippen LogP contribution is 2.21. The minimum absolute atomic E-state index is 0.319. The van der Waals surface area contributed by atoms with Crippen LogP contribution in [0.5, 0.6) is 0 Å². The zero-order valence-corrected chi connectivity index (χ0v) is 18.7. The molecule has 32 heavy (non-hydrogen) atoms. The van der Waals surface area contributed by atoms with Gasteiger partial charge in [-0.3, -0.25) is 9.59 Å². The number of sulfonamides is 1. The first kappa shape index (κ1) is 23.9. The second-order valence-corrected chi connectivity index (χ2v) is 9.58. The summed E-state index contributed by atoms with van der Waals surface area (Å²) in [5, 5.41) is 0. The Kier molecular flexibility index (Phi) is 7.98. The Morgan fingerprint density at radius 3 is 2.38 bits per heavy atom. The first-order chi connectivity index (χ1) is 15.3. The number of ether oxygens (including phenoxy) is 1. The Morgan fingerprint density at radius 1 is 1.09 bits per heavy atom. The van der Waals surface area contributed by atoms with Crippen LogP contribution < -0.4 is 4.72 Å². The highest BCUT2D eigenvalue weighted by Gasteiger charge is 2.27. The minimum atomic E-state index is -4.25. The van der Waals surface area contributed by atoms with Crippen molar-refractivity contribution in [1.82, 2.24) is 9.62 Å². The Labute approximate surface area is 187 Å². The zero-order valence-electron chi connectivity index (χ0n) is 17.9. The molecule has 0 saturated carbocycles. The number of benzene rings is 2. The lowest BCUT2D eigenvalue weighted by atomic mass is 9.90. The highest BCUT2D eigenvalue weighted by atomic mass is 32.2. The molecule has 2 aromatic carbocycles. The van der Waals surface area contributed by atoms with Gasteiger partial charge >= 0.3 is 5.97 Å². The van der Waals surface area contributed by atoms with Gasteiger partial charge in [0.15, 0.2) is 6.61 Å². The van der Waals surface area contributed by atoms with E-state index in [-0.39, 0.29) is 5.91 Å². The number of likely N-dealkylation sites (tertiary alicyclic amines) is 1. The van der Waals surface area contributed by atoms with Crippen molar-refractivity contribution in [3.05, 3.63) is 66.0 Å². The average molecular weight is 463 g/mol. The summed E-state index contributed by atoms with van der Waals surface area (Å²) in [7, 11) is -4.25. The molecule has 1 saturated heterocycles. The van der Waals surface area contributed by atoms with Crippen LogP contribution in [-0.4, -0.2) is 50.9 Å². The molecule has 1 atom stereocenters. The predicted molar refractivity (Wildman–Crippen MR) is 117 cm³/mol. The van der Waals surface area contributed by atoms with Gasteiger partial charge in [-0.25, -0.2) is 12.8 Å². The number of halogens is 1. The van der Waals surface area contributed by atoms with Gasteiger partial charge in [0, 0.05) is 13.1 Å². The van der Waals surface area contributed by atoms with Crippen molar-refractivity contribution < 1.29 is 27.1 Å². The summed E-state index contributed by atoms with van der Waals surface area (Å²) < 4.78 is 45.4. The van der Waals surface area contributed by atoms with Crippen molar-refractivity contribution in [2.24, 2.45) is 5.92 Å². The largest absolute Gasteiger partial charge is 0.454 e. The summed E-state index contributed by atoms with van der Waals surface area (Å²) in [4.78, 5) is 25.7. The molecule has 0 aromatic heterocycles. The fourth-order valence-corrected chi connectivity index (χ4v) is 4.96. The van der Waals surface area contributed by atoms with E-state index in [1.54, 1.807) is 4.90 Å². The van der Waals surface area contributed by atoms with E-state index in [1.807, 2.05) is 18.2 Å². The molecule has 0 aliphatic carbocycles. The third-order valence-electron chi connectivity index (χ3n) is 5.48. The van der Waals surface area contributed by atoms with Crippen LogP contribution in [0.15, 0.2) is 59.5 Å². The second kappa shape index (κ2) is 10.7. The number of nitrogens with zero attached hydrogens (tertiary/aromatic N) is 1. The topological polar surface area (TPSA) is 92.8 Å². The summed E-state index contributed by atoms with van der Waals surface area (Å²) in [5.74, 6) is -1.65. The van der Waals surface area contributed by atoms with Crippen LogP contribution in [0.2, 0.25) is 0 Å². The molecule has 2 aromatic rings. The van der Waals surface area contributed by atoms with Gasteiger partial charge in [0.1, 0.15) is 16.8 Å². The monoisotopic (exact) mass is 462 g/mol. The third-order valence-corrected chi connectivity index (χ3v) is 7.06. The number of amides is 1. The predicted octanol–water partition coefficient (Wildman–Crippen LogP) is 2.52. The summed E-state index contributed by atoms with van der Waals surface area (Å²) >= 11 is 0. The normalized spacial score (nSPS) is 15.9. The van der Waals surface area contributed by atoms with Crippen LogP contribution in [0, 0.1) is 11.7 Å². The molecule has 0 bridgehead atoms. The van der Waals surface area contributed by atoms with E-state index in [9.17, 15) is 22.4 Å². The second-order valence-electron chi connectivity index (χ2n) is 7.89. The van der Waals surface area contributed by atoms with Crippen molar-refractivity contribution >= 4 is 21.9 Å². The van der Waals surface area contributed by atoms with E-state index >= 15 is 0 Å². The molecule has 0 radical (unpaired) electrons. The molecule has 172 valence electrons. The molecule has 1 N–H and O–H groups in total. The summed E-state index contributed by atoms with van der Waals surface area (Å²) in [6.07, 6.45) is 2.71. The van der Waals surface area contributed by atoms with E-state index in [2.05, 4.69) is 16.9 Å². The molecular weight excluding hydrogens is 435 g/mol. The van der Waals surface area contributed by atoms with Crippen molar-refractivity contribution in [3.8, 4) is 0 Å². The van der Waals surface area contributed by atoms with Gasteiger partial charge in [0.2, 0.25) is 10.0 Å². The van der Waals surface area contributed by atoms with Crippen molar-refractivity contribution in [2.75, 3.05) is 19.7 Å². The number of carbonyl (C=O) groups is 2. The van der Waals surface area contributed by atoms with Gasteiger partial charge in [-0.2, -0.15) is 4.72 Å². The molecule has 9 heteroatoms. The van der Waals surface area contributed by atoms with Gasteiger partial charge < -0.3 is 9.64 Å². The summed E-state index contributed by atoms with van der Waals surface area (Å²) in [6, 6.07) is 13.8. The SMILES string of the molecule is CC(NS(=O)(=O)c1ccccc1F)C(=O)OCC(=O)N1CCC(Cc2ccccc2)CC1. The van der Waals surface area contributed by atoms with Crippen LogP contribution in [0.25, 0.3) is 0 Å². The molecule has 1 fully saturated rings. The Morgan fingerprint density at radius 2 is 1.72 bits per heavy atom. The number of hydrogen-bond acceptors (Lipinski definition) is 5. The average Bonchev–Trinajstić information content (AvgIpc) is 2.78. The Hall–Kier alpha value is -2.78. The Balaban J connectivity index is 1.43. The van der Waals surface area contributed by atoms with Crippen molar-refractivity contribution in [2.45, 2.75) is 37.1 Å². The third kappa shape index (κ3) is 6.37. The summed E-state index contributed by atoms with van der Waals surface area (Å²) in [5.41, 5.74) is 1.28. The molecule has 7 nitrogen and oxygen atoms in total. The number of hydrogen-bond donors (Lipinski definition) is 1. The van der Waals surface area contributed by atoms with E-state index in [0.29, 0.717) is 19.0 Å². The molecule has 1 heterocycles. The lowest BCUT2D eigenvalue weighted by Gasteiger charge is -2.32. The first-order valence-corrected chi connectivity index (χ1v) is 12.0. The number of nitrogens with one attached hydrogen (secondary N) is 1. The van der Waals surface area contributed by atoms with Gasteiger partial charge in [-0.1, -0.05) is 42.5 Å². The molecule has 0 spiro atoms. The molecular formula is C23H27FN2O5S. The maximum absolute atomic E-state index is 13.8. The maximum atomic E-state index is 13.8. The van der Waals surface area contributed by atoms with Crippen LogP contribution in [0.4, 0.5) is 4.39 Å². The van der Waals surface area contributed by atoms with Crippen molar-refractivity contribution in [1.29, 1.82) is 0 Å². The Bertz CT molecular complexity index is 1040. The standard InChI is InChI=1S/C23H27FN2O5S/c1-17(25-32(29,30)21-10-6-5-9-20(21)24)23(28)31-16-22(27)26-13-11-19(12-14-26)15-18-7-3-2-4-8-18/h2-10,17,19,25H,11-16H2,1H3. The van der Waals surface area contributed by atoms with Crippen LogP contribution >= 0.6 is 0 Å². The van der Waals surface area contributed by atoms with Crippen molar-refractivity contribution in [3.63, 3.8) is 0 Å². The maximum Gasteiger partial charge on any atom is 0.324 e.